The van der Waals surface area contributed by atoms with E-state index < -0.39 is 0 Å². The molecule has 1 heterocycles. The number of benzene rings is 2. The summed E-state index contributed by atoms with van der Waals surface area (Å²) in [7, 11) is 0. The zero-order chi connectivity index (χ0) is 16.7. The lowest BCUT2D eigenvalue weighted by atomic mass is 9.76. The van der Waals surface area contributed by atoms with Crippen LogP contribution in [0.1, 0.15) is 42.0 Å². The van der Waals surface area contributed by atoms with Crippen LogP contribution in [0.2, 0.25) is 0 Å². The molecule has 1 aliphatic heterocycles. The SMILES string of the molecule is CCc1ccc2c(c1)[C@H]1C=CC[C@H]1[C@@H](c1ccc([N+](=O)[O-])cc1)N2. The average Bonchev–Trinajstić information content (AvgIpc) is 3.10. The van der Waals surface area contributed by atoms with Crippen LogP contribution in [0.5, 0.6) is 0 Å². The number of nitrogens with zero attached hydrogens (tertiary/aromatic N) is 1. The molecule has 0 spiro atoms. The van der Waals surface area contributed by atoms with Gasteiger partial charge in [0.1, 0.15) is 0 Å². The van der Waals surface area contributed by atoms with Gasteiger partial charge in [0.05, 0.1) is 11.0 Å². The van der Waals surface area contributed by atoms with Gasteiger partial charge in [-0.15, -0.1) is 0 Å². The Labute approximate surface area is 141 Å². The molecule has 0 saturated carbocycles. The smallest absolute Gasteiger partial charge is 0.269 e. The second kappa shape index (κ2) is 5.78. The number of nitro groups is 1. The summed E-state index contributed by atoms with van der Waals surface area (Å²) in [5, 5.41) is 14.5. The Morgan fingerprint density at radius 2 is 2.00 bits per heavy atom. The number of nitrogens with one attached hydrogen (secondary N) is 1. The summed E-state index contributed by atoms with van der Waals surface area (Å²) < 4.78 is 0. The summed E-state index contributed by atoms with van der Waals surface area (Å²) in [6.07, 6.45) is 6.67. The van der Waals surface area contributed by atoms with E-state index >= 15 is 0 Å². The molecule has 2 aromatic rings. The maximum Gasteiger partial charge on any atom is 0.269 e. The predicted molar refractivity (Wildman–Crippen MR) is 95.3 cm³/mol. The second-order valence-electron chi connectivity index (χ2n) is 6.60. The van der Waals surface area contributed by atoms with Crippen molar-refractivity contribution in [3.63, 3.8) is 0 Å². The van der Waals surface area contributed by atoms with Crippen LogP contribution < -0.4 is 5.32 Å². The maximum absolute atomic E-state index is 10.9. The summed E-state index contributed by atoms with van der Waals surface area (Å²) in [5.41, 5.74) is 5.19. The summed E-state index contributed by atoms with van der Waals surface area (Å²) in [5.74, 6) is 0.888. The Bertz CT molecular complexity index is 811. The molecular weight excluding hydrogens is 300 g/mol. The van der Waals surface area contributed by atoms with Crippen molar-refractivity contribution in [2.45, 2.75) is 31.7 Å². The number of allylic oxidation sites excluding steroid dienone is 2. The Morgan fingerprint density at radius 3 is 2.71 bits per heavy atom. The molecule has 4 heteroatoms. The summed E-state index contributed by atoms with van der Waals surface area (Å²) in [6.45, 7) is 2.18. The van der Waals surface area contributed by atoms with Crippen LogP contribution in [0.25, 0.3) is 0 Å². The van der Waals surface area contributed by atoms with Crippen LogP contribution in [0.3, 0.4) is 0 Å². The van der Waals surface area contributed by atoms with Gasteiger partial charge in [-0.3, -0.25) is 10.1 Å². The first-order valence-corrected chi connectivity index (χ1v) is 8.47. The molecular formula is C20H20N2O2. The van der Waals surface area contributed by atoms with Gasteiger partial charge in [-0.05, 0) is 41.5 Å². The number of aryl methyl sites for hydroxylation is 1. The van der Waals surface area contributed by atoms with Gasteiger partial charge in [0.2, 0.25) is 0 Å². The third-order valence-corrected chi connectivity index (χ3v) is 5.30. The zero-order valence-corrected chi connectivity index (χ0v) is 13.6. The first-order chi connectivity index (χ1) is 11.7. The van der Waals surface area contributed by atoms with E-state index in [2.05, 4.69) is 42.6 Å². The van der Waals surface area contributed by atoms with Crippen LogP contribution >= 0.6 is 0 Å². The summed E-state index contributed by atoms with van der Waals surface area (Å²) in [6, 6.07) is 13.8. The van der Waals surface area contributed by atoms with E-state index in [0.29, 0.717) is 11.8 Å². The lowest BCUT2D eigenvalue weighted by Crippen LogP contribution is -2.29. The number of hydrogen-bond donors (Lipinski definition) is 1. The third-order valence-electron chi connectivity index (χ3n) is 5.30. The number of nitro benzene ring substituents is 1. The van der Waals surface area contributed by atoms with E-state index in [1.165, 1.54) is 16.8 Å². The van der Waals surface area contributed by atoms with Crippen molar-refractivity contribution in [1.29, 1.82) is 0 Å². The second-order valence-corrected chi connectivity index (χ2v) is 6.60. The fourth-order valence-corrected chi connectivity index (χ4v) is 4.00. The minimum atomic E-state index is -0.348. The van der Waals surface area contributed by atoms with Gasteiger partial charge < -0.3 is 5.32 Å². The number of hydrogen-bond acceptors (Lipinski definition) is 3. The van der Waals surface area contributed by atoms with Gasteiger partial charge in [0, 0.05) is 23.7 Å². The van der Waals surface area contributed by atoms with Crippen molar-refractivity contribution < 1.29 is 4.92 Å². The number of rotatable bonds is 3. The normalized spacial score (nSPS) is 24.1. The summed E-state index contributed by atoms with van der Waals surface area (Å²) >= 11 is 0. The minimum Gasteiger partial charge on any atom is -0.378 e. The first-order valence-electron chi connectivity index (χ1n) is 8.47. The van der Waals surface area contributed by atoms with E-state index in [0.717, 1.165) is 18.4 Å². The molecule has 0 radical (unpaired) electrons. The quantitative estimate of drug-likeness (QED) is 0.493. The highest BCUT2D eigenvalue weighted by molar-refractivity contribution is 5.61. The van der Waals surface area contributed by atoms with Gasteiger partial charge in [-0.25, -0.2) is 0 Å². The van der Waals surface area contributed by atoms with Gasteiger partial charge >= 0.3 is 0 Å². The van der Waals surface area contributed by atoms with Gasteiger partial charge in [-0.2, -0.15) is 0 Å². The highest BCUT2D eigenvalue weighted by Gasteiger charge is 2.37. The molecule has 0 amide bonds. The highest BCUT2D eigenvalue weighted by atomic mass is 16.6. The monoisotopic (exact) mass is 320 g/mol. The van der Waals surface area contributed by atoms with E-state index in [9.17, 15) is 10.1 Å². The number of non-ortho nitro benzene ring substituents is 1. The van der Waals surface area contributed by atoms with Crippen molar-refractivity contribution >= 4 is 11.4 Å². The largest absolute Gasteiger partial charge is 0.378 e. The van der Waals surface area contributed by atoms with E-state index in [4.69, 9.17) is 0 Å². The fourth-order valence-electron chi connectivity index (χ4n) is 4.00. The highest BCUT2D eigenvalue weighted by Crippen LogP contribution is 2.50. The predicted octanol–water partition coefficient (Wildman–Crippen LogP) is 4.98. The van der Waals surface area contributed by atoms with Gasteiger partial charge in [0.25, 0.3) is 5.69 Å². The molecule has 1 N–H and O–H groups in total. The van der Waals surface area contributed by atoms with Crippen molar-refractivity contribution in [3.8, 4) is 0 Å². The molecule has 3 atom stereocenters. The molecule has 0 bridgehead atoms. The third kappa shape index (κ3) is 2.39. The lowest BCUT2D eigenvalue weighted by molar-refractivity contribution is -0.384. The average molecular weight is 320 g/mol. The van der Waals surface area contributed by atoms with Gasteiger partial charge in [0.15, 0.2) is 0 Å². The Hall–Kier alpha value is -2.62. The van der Waals surface area contributed by atoms with Crippen molar-refractivity contribution in [2.75, 3.05) is 5.32 Å². The van der Waals surface area contributed by atoms with Crippen molar-refractivity contribution in [1.82, 2.24) is 0 Å². The van der Waals surface area contributed by atoms with Crippen LogP contribution in [0.4, 0.5) is 11.4 Å². The number of fused-ring (bicyclic) bond motifs is 3. The minimum absolute atomic E-state index is 0.142. The van der Waals surface area contributed by atoms with Crippen LogP contribution in [-0.2, 0) is 6.42 Å². The lowest BCUT2D eigenvalue weighted by Gasteiger charge is -2.37. The van der Waals surface area contributed by atoms with Crippen molar-refractivity contribution in [3.05, 3.63) is 81.4 Å². The number of anilines is 1. The van der Waals surface area contributed by atoms with Crippen LogP contribution in [-0.4, -0.2) is 4.92 Å². The molecule has 122 valence electrons. The van der Waals surface area contributed by atoms with E-state index in [1.807, 2.05) is 12.1 Å². The van der Waals surface area contributed by atoms with Crippen LogP contribution in [0.15, 0.2) is 54.6 Å². The molecule has 4 rings (SSSR count). The Kier molecular flexibility index (Phi) is 3.60. The Morgan fingerprint density at radius 1 is 1.21 bits per heavy atom. The molecule has 0 aromatic heterocycles. The molecule has 0 fully saturated rings. The van der Waals surface area contributed by atoms with Crippen molar-refractivity contribution in [2.24, 2.45) is 5.92 Å². The molecule has 2 aromatic carbocycles. The van der Waals surface area contributed by atoms with Crippen LogP contribution in [0, 0.1) is 16.0 Å². The molecule has 0 unspecified atom stereocenters. The maximum atomic E-state index is 10.9. The first kappa shape index (κ1) is 14.9. The molecule has 4 nitrogen and oxygen atoms in total. The summed E-state index contributed by atoms with van der Waals surface area (Å²) in [4.78, 5) is 10.5. The van der Waals surface area contributed by atoms with E-state index in [-0.39, 0.29) is 16.7 Å². The Balaban J connectivity index is 1.71. The molecule has 2 aliphatic rings. The molecule has 0 saturated heterocycles. The molecule has 1 aliphatic carbocycles. The van der Waals surface area contributed by atoms with E-state index in [1.54, 1.807) is 12.1 Å². The van der Waals surface area contributed by atoms with Gasteiger partial charge in [-0.1, -0.05) is 43.3 Å². The molecule has 24 heavy (non-hydrogen) atoms. The standard InChI is InChI=1S/C20H20N2O2/c1-2-13-6-11-19-18(12-13)16-4-3-5-17(16)20(21-19)14-7-9-15(10-8-14)22(23)24/h3-4,6-12,16-17,20-21H,2,5H2,1H3/t16-,17+,20+/m0/s1. The topological polar surface area (TPSA) is 55.2 Å². The fraction of sp³-hybridized carbons (Fsp3) is 0.300. The zero-order valence-electron chi connectivity index (χ0n) is 13.6.